The second-order valence-electron chi connectivity index (χ2n) is 14.1. The lowest BCUT2D eigenvalue weighted by molar-refractivity contribution is -0.137. The summed E-state index contributed by atoms with van der Waals surface area (Å²) in [6.07, 6.45) is -2.93. The van der Waals surface area contributed by atoms with E-state index in [4.69, 9.17) is 10.5 Å². The van der Waals surface area contributed by atoms with E-state index in [0.717, 1.165) is 36.0 Å². The van der Waals surface area contributed by atoms with Crippen molar-refractivity contribution < 1.29 is 35.9 Å². The van der Waals surface area contributed by atoms with Crippen LogP contribution in [0.25, 0.3) is 32.1 Å². The molecule has 3 saturated heterocycles. The summed E-state index contributed by atoms with van der Waals surface area (Å²) in [5.41, 5.74) is 1.72. The van der Waals surface area contributed by atoms with Gasteiger partial charge in [-0.15, -0.1) is 11.3 Å². The zero-order chi connectivity index (χ0) is 39.7. The second kappa shape index (κ2) is 14.1. The number of benzene rings is 2. The van der Waals surface area contributed by atoms with Gasteiger partial charge >= 0.3 is 12.2 Å². The van der Waals surface area contributed by atoms with Crippen LogP contribution in [-0.4, -0.2) is 87.7 Å². The topological polar surface area (TPSA) is 148 Å². The molecular weight excluding hydrogens is 781 g/mol. The van der Waals surface area contributed by atoms with Crippen LogP contribution in [-0.2, 0) is 6.18 Å². The lowest BCUT2D eigenvalue weighted by Crippen LogP contribution is -2.43. The average Bonchev–Trinajstić information content (AvgIpc) is 4.00. The number of likely N-dealkylation sites (tertiary alicyclic amines) is 1. The zero-order valence-corrected chi connectivity index (χ0v) is 31.2. The standard InChI is InChI=1S/C37H31F6N9O2S2/c1-2-52(19-6-9-50(16-19)34(53)33-47-14-20(12-44)55-33)32-22-10-24(37(41,42)43)27(21-4-5-25(39)30-26(21)23(13-45)31(46)56-30)28(40)29(22)48-35(49-32)54-17-36-7-3-8-51(36)15-18(38)11-36/h4-5,10,14,18-19H,2-3,6-9,11,15-17,46H2,1H3. The van der Waals surface area contributed by atoms with Crippen LogP contribution in [0.4, 0.5) is 37.2 Å². The number of amides is 1. The predicted molar refractivity (Wildman–Crippen MR) is 197 cm³/mol. The number of halogens is 6. The average molecular weight is 812 g/mol. The van der Waals surface area contributed by atoms with Crippen molar-refractivity contribution in [2.75, 3.05) is 50.0 Å². The number of aromatic nitrogens is 3. The van der Waals surface area contributed by atoms with Crippen LogP contribution in [0.5, 0.6) is 6.01 Å². The summed E-state index contributed by atoms with van der Waals surface area (Å²) >= 11 is 1.61. The number of thiophene rings is 1. The SMILES string of the molecule is CCN(c1nc(OCC23CCCN2CC(F)C3)nc2c(F)c(-c3ccc(F)c4sc(N)c(C#N)c34)c(C(F)(F)F)cc12)C1CCN(C(=O)c2ncc(C#N)s2)C1. The number of ether oxygens (including phenoxy) is 1. The smallest absolute Gasteiger partial charge is 0.417 e. The fraction of sp³-hybridized carbons (Fsp3) is 0.405. The number of nitriles is 2. The molecule has 56 heavy (non-hydrogen) atoms. The Balaban J connectivity index is 1.29. The van der Waals surface area contributed by atoms with Crippen LogP contribution in [0, 0.1) is 34.3 Å². The van der Waals surface area contributed by atoms with Crippen LogP contribution < -0.4 is 15.4 Å². The number of thiazole rings is 1. The molecule has 3 atom stereocenters. The van der Waals surface area contributed by atoms with Crippen molar-refractivity contribution in [1.82, 2.24) is 24.8 Å². The molecule has 6 heterocycles. The molecule has 8 rings (SSSR count). The quantitative estimate of drug-likeness (QED) is 0.159. The summed E-state index contributed by atoms with van der Waals surface area (Å²) < 4.78 is 98.4. The third kappa shape index (κ3) is 6.22. The molecule has 2 aromatic carbocycles. The maximum Gasteiger partial charge on any atom is 0.417 e. The first-order chi connectivity index (χ1) is 26.8. The molecule has 5 aromatic rings. The molecule has 0 bridgehead atoms. The number of carbonyl (C=O) groups is 1. The van der Waals surface area contributed by atoms with Gasteiger partial charge in [-0.3, -0.25) is 9.69 Å². The monoisotopic (exact) mass is 811 g/mol. The first kappa shape index (κ1) is 37.7. The van der Waals surface area contributed by atoms with Gasteiger partial charge in [0.2, 0.25) is 0 Å². The Morgan fingerprint density at radius 1 is 1.16 bits per heavy atom. The summed E-state index contributed by atoms with van der Waals surface area (Å²) in [7, 11) is 0. The third-order valence-corrected chi connectivity index (χ3v) is 12.8. The molecule has 3 aromatic heterocycles. The van der Waals surface area contributed by atoms with Crippen LogP contribution in [0.1, 0.15) is 58.4 Å². The number of anilines is 2. The molecule has 3 aliphatic heterocycles. The maximum absolute atomic E-state index is 17.3. The van der Waals surface area contributed by atoms with Gasteiger partial charge in [-0.1, -0.05) is 17.4 Å². The Kier molecular flexibility index (Phi) is 9.45. The second-order valence-corrected chi connectivity index (χ2v) is 16.2. The number of hydrogen-bond acceptors (Lipinski definition) is 12. The van der Waals surface area contributed by atoms with Gasteiger partial charge in [-0.2, -0.15) is 33.7 Å². The fourth-order valence-corrected chi connectivity index (χ4v) is 10.1. The number of carbonyl (C=O) groups excluding carboxylic acids is 1. The Bertz CT molecular complexity index is 2490. The van der Waals surface area contributed by atoms with Gasteiger partial charge in [-0.25, -0.2) is 18.2 Å². The highest BCUT2D eigenvalue weighted by Gasteiger charge is 2.49. The van der Waals surface area contributed by atoms with Crippen LogP contribution in [0.2, 0.25) is 0 Å². The van der Waals surface area contributed by atoms with Gasteiger partial charge in [0.1, 0.15) is 51.9 Å². The maximum atomic E-state index is 17.3. The minimum absolute atomic E-state index is 0.0535. The molecule has 1 amide bonds. The summed E-state index contributed by atoms with van der Waals surface area (Å²) in [6, 6.07) is 5.53. The van der Waals surface area contributed by atoms with E-state index < -0.39 is 63.7 Å². The van der Waals surface area contributed by atoms with E-state index in [1.54, 1.807) is 11.8 Å². The normalized spacial score (nSPS) is 21.1. The van der Waals surface area contributed by atoms with Gasteiger partial charge in [0, 0.05) is 55.0 Å². The van der Waals surface area contributed by atoms with Crippen molar-refractivity contribution in [3.05, 3.63) is 57.0 Å². The van der Waals surface area contributed by atoms with Crippen molar-refractivity contribution in [3.63, 3.8) is 0 Å². The third-order valence-electron chi connectivity index (χ3n) is 10.9. The Morgan fingerprint density at radius 3 is 2.68 bits per heavy atom. The van der Waals surface area contributed by atoms with E-state index in [2.05, 4.69) is 15.0 Å². The van der Waals surface area contributed by atoms with Gasteiger partial charge in [0.25, 0.3) is 5.91 Å². The van der Waals surface area contributed by atoms with Crippen LogP contribution in [0.3, 0.4) is 0 Å². The molecule has 11 nitrogen and oxygen atoms in total. The number of alkyl halides is 4. The molecule has 290 valence electrons. The number of nitrogens with two attached hydrogens (primary N) is 1. The number of likely N-dealkylation sites (N-methyl/N-ethyl adjacent to an activating group) is 1. The van der Waals surface area contributed by atoms with Gasteiger partial charge in [0.15, 0.2) is 10.8 Å². The highest BCUT2D eigenvalue weighted by Crippen LogP contribution is 2.48. The van der Waals surface area contributed by atoms with Crippen LogP contribution in [0.15, 0.2) is 24.4 Å². The lowest BCUT2D eigenvalue weighted by Gasteiger charge is -2.32. The van der Waals surface area contributed by atoms with Crippen molar-refractivity contribution in [2.45, 2.75) is 56.5 Å². The summed E-state index contributed by atoms with van der Waals surface area (Å²) in [5, 5.41) is 18.5. The van der Waals surface area contributed by atoms with Crippen molar-refractivity contribution in [2.24, 2.45) is 0 Å². The molecule has 0 spiro atoms. The van der Waals surface area contributed by atoms with E-state index in [1.165, 1.54) is 11.1 Å². The lowest BCUT2D eigenvalue weighted by atomic mass is 9.92. The molecule has 2 N–H and O–H groups in total. The van der Waals surface area contributed by atoms with Gasteiger partial charge < -0.3 is 20.3 Å². The van der Waals surface area contributed by atoms with E-state index >= 15 is 22.0 Å². The highest BCUT2D eigenvalue weighted by atomic mass is 32.1. The molecule has 0 saturated carbocycles. The molecule has 0 radical (unpaired) electrons. The van der Waals surface area contributed by atoms with E-state index in [9.17, 15) is 19.7 Å². The minimum Gasteiger partial charge on any atom is -0.461 e. The van der Waals surface area contributed by atoms with Crippen molar-refractivity contribution in [3.8, 4) is 29.3 Å². The van der Waals surface area contributed by atoms with E-state index in [-0.39, 0.29) is 87.0 Å². The van der Waals surface area contributed by atoms with E-state index in [1.807, 2.05) is 17.0 Å². The van der Waals surface area contributed by atoms with Crippen LogP contribution >= 0.6 is 22.7 Å². The number of rotatable bonds is 8. The summed E-state index contributed by atoms with van der Waals surface area (Å²) in [5.74, 6) is -2.75. The number of nitrogen functional groups attached to an aromatic ring is 1. The first-order valence-corrected chi connectivity index (χ1v) is 19.4. The fourth-order valence-electron chi connectivity index (χ4n) is 8.44. The Hall–Kier alpha value is -5.24. The first-order valence-electron chi connectivity index (χ1n) is 17.7. The minimum atomic E-state index is -5.16. The molecule has 3 aliphatic rings. The van der Waals surface area contributed by atoms with Gasteiger partial charge in [0.05, 0.1) is 27.6 Å². The number of nitrogens with zero attached hydrogens (tertiary/aromatic N) is 8. The zero-order valence-electron chi connectivity index (χ0n) is 29.6. The van der Waals surface area contributed by atoms with Gasteiger partial charge in [-0.05, 0) is 50.4 Å². The molecule has 0 aliphatic carbocycles. The molecular formula is C37H31F6N9O2S2. The summed E-state index contributed by atoms with van der Waals surface area (Å²) in [6.45, 7) is 3.12. The van der Waals surface area contributed by atoms with Crippen molar-refractivity contribution >= 4 is 60.4 Å². The highest BCUT2D eigenvalue weighted by molar-refractivity contribution is 7.23. The summed E-state index contributed by atoms with van der Waals surface area (Å²) in [4.78, 5) is 31.8. The largest absolute Gasteiger partial charge is 0.461 e. The number of hydrogen-bond donors (Lipinski definition) is 1. The number of fused-ring (bicyclic) bond motifs is 3. The molecule has 19 heteroatoms. The Labute approximate surface area is 323 Å². The molecule has 3 fully saturated rings. The Morgan fingerprint density at radius 2 is 1.96 bits per heavy atom. The predicted octanol–water partition coefficient (Wildman–Crippen LogP) is 7.29. The van der Waals surface area contributed by atoms with Crippen molar-refractivity contribution in [1.29, 1.82) is 10.5 Å². The molecule has 3 unspecified atom stereocenters. The van der Waals surface area contributed by atoms with E-state index in [0.29, 0.717) is 30.7 Å².